The highest BCUT2D eigenvalue weighted by Crippen LogP contribution is 2.15. The van der Waals surface area contributed by atoms with Gasteiger partial charge < -0.3 is 19.9 Å². The SMILES string of the molecule is O=C(NCc1ccccc1Cn1ccnc1)Nc1cnn(CC2CCCO2)c1. The molecule has 0 aliphatic carbocycles. The predicted octanol–water partition coefficient (Wildman–Crippen LogP) is 2.63. The highest BCUT2D eigenvalue weighted by molar-refractivity contribution is 5.88. The van der Waals surface area contributed by atoms with Crippen molar-refractivity contribution in [3.8, 4) is 0 Å². The number of urea groups is 1. The predicted molar refractivity (Wildman–Crippen MR) is 105 cm³/mol. The molecule has 0 bridgehead atoms. The van der Waals surface area contributed by atoms with Crippen LogP contribution in [-0.4, -0.2) is 38.1 Å². The van der Waals surface area contributed by atoms with Crippen LogP contribution in [0.2, 0.25) is 0 Å². The van der Waals surface area contributed by atoms with Gasteiger partial charge in [0.2, 0.25) is 0 Å². The first-order chi connectivity index (χ1) is 13.8. The molecule has 8 heteroatoms. The molecule has 0 spiro atoms. The summed E-state index contributed by atoms with van der Waals surface area (Å²) in [7, 11) is 0. The van der Waals surface area contributed by atoms with Crippen molar-refractivity contribution in [2.75, 3.05) is 11.9 Å². The summed E-state index contributed by atoms with van der Waals surface area (Å²) >= 11 is 0. The van der Waals surface area contributed by atoms with Crippen LogP contribution in [0.1, 0.15) is 24.0 Å². The van der Waals surface area contributed by atoms with E-state index in [4.69, 9.17) is 4.74 Å². The largest absolute Gasteiger partial charge is 0.376 e. The number of ether oxygens (including phenoxy) is 1. The van der Waals surface area contributed by atoms with Gasteiger partial charge in [-0.25, -0.2) is 9.78 Å². The van der Waals surface area contributed by atoms with Crippen molar-refractivity contribution in [3.63, 3.8) is 0 Å². The van der Waals surface area contributed by atoms with Crippen LogP contribution in [0.15, 0.2) is 55.4 Å². The highest BCUT2D eigenvalue weighted by Gasteiger charge is 2.16. The summed E-state index contributed by atoms with van der Waals surface area (Å²) in [4.78, 5) is 16.3. The number of hydrogen-bond donors (Lipinski definition) is 2. The number of nitrogens with one attached hydrogen (secondary N) is 2. The fraction of sp³-hybridized carbons (Fsp3) is 0.350. The van der Waals surface area contributed by atoms with Crippen LogP contribution in [-0.2, 0) is 24.4 Å². The van der Waals surface area contributed by atoms with Gasteiger partial charge >= 0.3 is 6.03 Å². The summed E-state index contributed by atoms with van der Waals surface area (Å²) in [6, 6.07) is 7.80. The summed E-state index contributed by atoms with van der Waals surface area (Å²) < 4.78 is 9.43. The normalized spacial score (nSPS) is 16.2. The monoisotopic (exact) mass is 380 g/mol. The minimum absolute atomic E-state index is 0.216. The third-order valence-electron chi connectivity index (χ3n) is 4.78. The maximum Gasteiger partial charge on any atom is 0.319 e. The smallest absolute Gasteiger partial charge is 0.319 e. The van der Waals surface area contributed by atoms with Crippen LogP contribution in [0.4, 0.5) is 10.5 Å². The van der Waals surface area contributed by atoms with Crippen molar-refractivity contribution in [2.45, 2.75) is 38.6 Å². The van der Waals surface area contributed by atoms with Gasteiger partial charge in [-0.3, -0.25) is 4.68 Å². The van der Waals surface area contributed by atoms with Gasteiger partial charge in [-0.05, 0) is 24.0 Å². The molecule has 4 rings (SSSR count). The lowest BCUT2D eigenvalue weighted by Gasteiger charge is -2.11. The van der Waals surface area contributed by atoms with Crippen LogP contribution < -0.4 is 10.6 Å². The summed E-state index contributed by atoms with van der Waals surface area (Å²) in [6.07, 6.45) is 11.3. The van der Waals surface area contributed by atoms with Crippen LogP contribution in [0.5, 0.6) is 0 Å². The molecule has 1 saturated heterocycles. The zero-order chi connectivity index (χ0) is 19.2. The lowest BCUT2D eigenvalue weighted by atomic mass is 10.1. The third-order valence-corrected chi connectivity index (χ3v) is 4.78. The number of anilines is 1. The molecule has 2 aromatic heterocycles. The Morgan fingerprint density at radius 2 is 2.18 bits per heavy atom. The van der Waals surface area contributed by atoms with E-state index >= 15 is 0 Å². The van der Waals surface area contributed by atoms with E-state index in [1.54, 1.807) is 18.7 Å². The molecule has 2 N–H and O–H groups in total. The van der Waals surface area contributed by atoms with E-state index in [2.05, 4.69) is 26.8 Å². The van der Waals surface area contributed by atoms with Crippen molar-refractivity contribution >= 4 is 11.7 Å². The quantitative estimate of drug-likeness (QED) is 0.660. The summed E-state index contributed by atoms with van der Waals surface area (Å²) in [5.74, 6) is 0. The topological polar surface area (TPSA) is 86.0 Å². The first-order valence-corrected chi connectivity index (χ1v) is 9.48. The van der Waals surface area contributed by atoms with Gasteiger partial charge in [0.1, 0.15) is 0 Å². The Hall–Kier alpha value is -3.13. The van der Waals surface area contributed by atoms with E-state index < -0.39 is 0 Å². The molecule has 1 aromatic carbocycles. The molecule has 1 fully saturated rings. The molecule has 8 nitrogen and oxygen atoms in total. The van der Waals surface area contributed by atoms with Crippen LogP contribution >= 0.6 is 0 Å². The molecule has 3 aromatic rings. The van der Waals surface area contributed by atoms with Gasteiger partial charge in [-0.2, -0.15) is 5.10 Å². The number of amides is 2. The van der Waals surface area contributed by atoms with E-state index in [9.17, 15) is 4.79 Å². The number of imidazole rings is 1. The second-order valence-electron chi connectivity index (χ2n) is 6.90. The number of benzene rings is 1. The average Bonchev–Trinajstić information content (AvgIpc) is 3.45. The Morgan fingerprint density at radius 3 is 2.96 bits per heavy atom. The lowest BCUT2D eigenvalue weighted by molar-refractivity contribution is 0.0940. The summed E-state index contributed by atoms with van der Waals surface area (Å²) in [5, 5.41) is 10.0. The van der Waals surface area contributed by atoms with Gasteiger partial charge in [0.25, 0.3) is 0 Å². The first-order valence-electron chi connectivity index (χ1n) is 9.48. The van der Waals surface area contributed by atoms with Crippen molar-refractivity contribution in [3.05, 3.63) is 66.5 Å². The summed E-state index contributed by atoms with van der Waals surface area (Å²) in [6.45, 7) is 2.70. The van der Waals surface area contributed by atoms with Crippen molar-refractivity contribution in [1.82, 2.24) is 24.6 Å². The number of nitrogens with zero attached hydrogens (tertiary/aromatic N) is 4. The Bertz CT molecular complexity index is 899. The van der Waals surface area contributed by atoms with Crippen molar-refractivity contribution < 1.29 is 9.53 Å². The van der Waals surface area contributed by atoms with Crippen LogP contribution in [0.25, 0.3) is 0 Å². The number of hydrogen-bond acceptors (Lipinski definition) is 4. The Labute approximate surface area is 163 Å². The number of carbonyl (C=O) groups excluding carboxylic acids is 1. The zero-order valence-corrected chi connectivity index (χ0v) is 15.6. The molecule has 1 aliphatic rings. The van der Waals surface area contributed by atoms with Crippen molar-refractivity contribution in [2.24, 2.45) is 0 Å². The third kappa shape index (κ3) is 4.77. The molecule has 0 saturated carbocycles. The van der Waals surface area contributed by atoms with Gasteiger partial charge in [-0.15, -0.1) is 0 Å². The molecule has 3 heterocycles. The van der Waals surface area contributed by atoms with Crippen LogP contribution in [0.3, 0.4) is 0 Å². The van der Waals surface area contributed by atoms with E-state index in [0.717, 1.165) is 37.1 Å². The average molecular weight is 380 g/mol. The minimum Gasteiger partial charge on any atom is -0.376 e. The molecule has 28 heavy (non-hydrogen) atoms. The second kappa shape index (κ2) is 8.71. The first kappa shape index (κ1) is 18.2. The maximum atomic E-state index is 12.3. The van der Waals surface area contributed by atoms with Gasteiger partial charge in [0.05, 0.1) is 30.9 Å². The van der Waals surface area contributed by atoms with E-state index in [1.165, 1.54) is 0 Å². The van der Waals surface area contributed by atoms with Gasteiger partial charge in [0, 0.05) is 38.3 Å². The van der Waals surface area contributed by atoms with Gasteiger partial charge in [-0.1, -0.05) is 24.3 Å². The molecule has 1 atom stereocenters. The van der Waals surface area contributed by atoms with Crippen molar-refractivity contribution in [1.29, 1.82) is 0 Å². The molecule has 1 aliphatic heterocycles. The molecule has 146 valence electrons. The molecular formula is C20H24N6O2. The number of aromatic nitrogens is 4. The second-order valence-corrected chi connectivity index (χ2v) is 6.90. The molecule has 1 unspecified atom stereocenters. The maximum absolute atomic E-state index is 12.3. The zero-order valence-electron chi connectivity index (χ0n) is 15.6. The fourth-order valence-electron chi connectivity index (χ4n) is 3.34. The van der Waals surface area contributed by atoms with E-state index in [0.29, 0.717) is 18.8 Å². The number of carbonyl (C=O) groups is 1. The molecule has 2 amide bonds. The minimum atomic E-state index is -0.255. The fourth-order valence-corrected chi connectivity index (χ4v) is 3.34. The molecule has 0 radical (unpaired) electrons. The van der Waals surface area contributed by atoms with Crippen LogP contribution in [0, 0.1) is 0 Å². The van der Waals surface area contributed by atoms with E-state index in [1.807, 2.05) is 39.8 Å². The van der Waals surface area contributed by atoms with Gasteiger partial charge in [0.15, 0.2) is 0 Å². The standard InChI is InChI=1S/C20H24N6O2/c27-20(24-18-11-23-26(13-18)14-19-6-3-9-28-19)22-10-16-4-1-2-5-17(16)12-25-8-7-21-15-25/h1-2,4-5,7-8,11,13,15,19H,3,6,9-10,12,14H2,(H2,22,24,27). The van der Waals surface area contributed by atoms with E-state index in [-0.39, 0.29) is 12.1 Å². The lowest BCUT2D eigenvalue weighted by Crippen LogP contribution is -2.28. The Kier molecular flexibility index (Phi) is 5.67. The summed E-state index contributed by atoms with van der Waals surface area (Å²) in [5.41, 5.74) is 2.88. The number of rotatable bonds is 7. The highest BCUT2D eigenvalue weighted by atomic mass is 16.5. The Balaban J connectivity index is 1.29. The molecular weight excluding hydrogens is 356 g/mol. The Morgan fingerprint density at radius 1 is 1.29 bits per heavy atom.